The van der Waals surface area contributed by atoms with E-state index >= 15 is 0 Å². The lowest BCUT2D eigenvalue weighted by Crippen LogP contribution is -2.53. The van der Waals surface area contributed by atoms with Crippen LogP contribution < -0.4 is 4.90 Å². The van der Waals surface area contributed by atoms with E-state index in [1.54, 1.807) is 6.07 Å². The maximum absolute atomic E-state index is 14.2. The summed E-state index contributed by atoms with van der Waals surface area (Å²) < 4.78 is 1.87. The Hall–Kier alpha value is -3.61. The van der Waals surface area contributed by atoms with Crippen LogP contribution in [0.2, 0.25) is 10.0 Å². The second-order valence-electron chi connectivity index (χ2n) is 9.70. The molecule has 3 aromatic carbocycles. The predicted octanol–water partition coefficient (Wildman–Crippen LogP) is 6.52. The lowest BCUT2D eigenvalue weighted by atomic mass is 9.87. The summed E-state index contributed by atoms with van der Waals surface area (Å²) in [6.45, 7) is 4.79. The Bertz CT molecular complexity index is 1490. The molecule has 3 heterocycles. The predicted molar refractivity (Wildman–Crippen MR) is 154 cm³/mol. The fraction of sp³-hybridized carbons (Fsp3) is 0.233. The lowest BCUT2D eigenvalue weighted by molar-refractivity contribution is -0.134. The molecule has 4 aromatic rings. The number of anilines is 1. The molecule has 2 aliphatic rings. The molecule has 6 rings (SSSR count). The highest BCUT2D eigenvalue weighted by Gasteiger charge is 2.41. The van der Waals surface area contributed by atoms with E-state index in [4.69, 9.17) is 33.3 Å². The first-order chi connectivity index (χ1) is 18.5. The van der Waals surface area contributed by atoms with Gasteiger partial charge in [0.05, 0.1) is 21.8 Å². The van der Waals surface area contributed by atoms with Crippen LogP contribution in [-0.2, 0) is 4.79 Å². The average molecular weight is 544 g/mol. The van der Waals surface area contributed by atoms with E-state index < -0.39 is 12.0 Å². The summed E-state index contributed by atoms with van der Waals surface area (Å²) in [5.41, 5.74) is 4.63. The van der Waals surface area contributed by atoms with E-state index in [0.29, 0.717) is 23.1 Å². The van der Waals surface area contributed by atoms with Gasteiger partial charge in [0.25, 0.3) is 0 Å². The van der Waals surface area contributed by atoms with Crippen LogP contribution in [-0.4, -0.2) is 52.5 Å². The van der Waals surface area contributed by atoms with Gasteiger partial charge in [-0.15, -0.1) is 0 Å². The van der Waals surface area contributed by atoms with Crippen LogP contribution in [0.3, 0.4) is 0 Å². The van der Waals surface area contributed by atoms with E-state index in [1.807, 2.05) is 83.2 Å². The number of hydrogen-bond acceptors (Lipinski definition) is 4. The maximum Gasteiger partial charge on any atom is 0.234 e. The number of piperazine rings is 1. The number of benzene rings is 3. The minimum atomic E-state index is -0.508. The normalized spacial score (nSPS) is 19.2. The largest absolute Gasteiger partial charge is 0.368 e. The van der Waals surface area contributed by atoms with Crippen molar-refractivity contribution in [1.29, 1.82) is 0 Å². The highest BCUT2D eigenvalue weighted by molar-refractivity contribution is 6.42. The van der Waals surface area contributed by atoms with Crippen LogP contribution in [0, 0.1) is 5.92 Å². The Labute approximate surface area is 232 Å². The van der Waals surface area contributed by atoms with Crippen molar-refractivity contribution in [1.82, 2.24) is 14.7 Å². The third-order valence-electron chi connectivity index (χ3n) is 7.37. The summed E-state index contributed by atoms with van der Waals surface area (Å²) in [4.78, 5) is 23.3. The highest BCUT2D eigenvalue weighted by atomic mass is 35.5. The molecule has 0 saturated carbocycles. The smallest absolute Gasteiger partial charge is 0.234 e. The van der Waals surface area contributed by atoms with Crippen LogP contribution >= 0.6 is 23.2 Å². The molecule has 0 N–H and O–H groups in total. The fourth-order valence-electron chi connectivity index (χ4n) is 5.41. The molecule has 192 valence electrons. The number of nitrogens with zero attached hydrogens (tertiary/aromatic N) is 5. The third kappa shape index (κ3) is 4.59. The third-order valence-corrected chi connectivity index (χ3v) is 8.11. The molecule has 2 atom stereocenters. The molecule has 2 unspecified atom stereocenters. The summed E-state index contributed by atoms with van der Waals surface area (Å²) in [6, 6.07) is 27.5. The quantitative estimate of drug-likeness (QED) is 0.294. The fourth-order valence-corrected chi connectivity index (χ4v) is 5.71. The number of halogens is 2. The minimum absolute atomic E-state index is 0.0532. The first-order valence-electron chi connectivity index (χ1n) is 12.7. The molecule has 0 aliphatic carbocycles. The van der Waals surface area contributed by atoms with Gasteiger partial charge in [0.15, 0.2) is 5.82 Å². The van der Waals surface area contributed by atoms with E-state index in [9.17, 15) is 4.79 Å². The zero-order valence-electron chi connectivity index (χ0n) is 21.0. The molecule has 0 spiro atoms. The summed E-state index contributed by atoms with van der Waals surface area (Å²) in [6.07, 6.45) is 0. The van der Waals surface area contributed by atoms with Gasteiger partial charge in [0.1, 0.15) is 5.92 Å². The lowest BCUT2D eigenvalue weighted by Gasteiger charge is -2.40. The van der Waals surface area contributed by atoms with E-state index in [-0.39, 0.29) is 5.91 Å². The monoisotopic (exact) mass is 543 g/mol. The van der Waals surface area contributed by atoms with E-state index in [0.717, 1.165) is 41.4 Å². The van der Waals surface area contributed by atoms with Crippen LogP contribution in [0.15, 0.2) is 89.9 Å². The average Bonchev–Trinajstić information content (AvgIpc) is 3.38. The van der Waals surface area contributed by atoms with E-state index in [1.165, 1.54) is 5.69 Å². The zero-order chi connectivity index (χ0) is 26.2. The van der Waals surface area contributed by atoms with Crippen LogP contribution in [0.25, 0.3) is 11.3 Å². The van der Waals surface area contributed by atoms with Crippen LogP contribution in [0.4, 0.5) is 11.5 Å². The molecule has 1 aromatic heterocycles. The topological polar surface area (TPSA) is 53.7 Å². The molecule has 1 fully saturated rings. The Kier molecular flexibility index (Phi) is 6.68. The first kappa shape index (κ1) is 24.7. The number of para-hydroxylation sites is 1. The van der Waals surface area contributed by atoms with Crippen molar-refractivity contribution in [3.05, 3.63) is 101 Å². The number of hydrogen-bond donors (Lipinski definition) is 0. The minimum Gasteiger partial charge on any atom is -0.368 e. The van der Waals surface area contributed by atoms with Crippen molar-refractivity contribution >= 4 is 46.3 Å². The molecule has 2 aliphatic heterocycles. The number of rotatable bonds is 4. The summed E-state index contributed by atoms with van der Waals surface area (Å²) in [5, 5.41) is 5.87. The number of fused-ring (bicyclic) bond motifs is 1. The van der Waals surface area contributed by atoms with Gasteiger partial charge in [-0.05, 0) is 36.8 Å². The van der Waals surface area contributed by atoms with Gasteiger partial charge in [0.2, 0.25) is 5.91 Å². The standard InChI is InChI=1S/C30H27Cl2N5O/c1-20-28(30(38)36-16-14-35(15-17-36)23-10-6-3-7-11-23)29(22-12-13-24(31)25(32)18-22)37-27(33-20)19-26(34-37)21-8-4-2-5-9-21/h2-13,18-19,28-29H,14-17H2,1H3. The Balaban J connectivity index is 1.35. The zero-order valence-corrected chi connectivity index (χ0v) is 22.5. The van der Waals surface area contributed by atoms with Gasteiger partial charge in [-0.1, -0.05) is 77.8 Å². The van der Waals surface area contributed by atoms with Gasteiger partial charge < -0.3 is 9.80 Å². The number of aromatic nitrogens is 2. The Morgan fingerprint density at radius 3 is 2.21 bits per heavy atom. The maximum atomic E-state index is 14.2. The summed E-state index contributed by atoms with van der Waals surface area (Å²) in [7, 11) is 0. The molecule has 38 heavy (non-hydrogen) atoms. The van der Waals surface area contributed by atoms with Crippen LogP contribution in [0.5, 0.6) is 0 Å². The van der Waals surface area contributed by atoms with Crippen LogP contribution in [0.1, 0.15) is 18.5 Å². The molecule has 0 bridgehead atoms. The molecule has 6 nitrogen and oxygen atoms in total. The second-order valence-corrected chi connectivity index (χ2v) is 10.5. The molecular weight excluding hydrogens is 517 g/mol. The number of amides is 1. The highest BCUT2D eigenvalue weighted by Crippen LogP contribution is 2.40. The second kappa shape index (κ2) is 10.3. The van der Waals surface area contributed by atoms with Gasteiger partial charge in [0, 0.05) is 49.2 Å². The van der Waals surface area contributed by atoms with E-state index in [2.05, 4.69) is 17.0 Å². The molecule has 0 radical (unpaired) electrons. The van der Waals surface area contributed by atoms with Crippen molar-refractivity contribution in [2.45, 2.75) is 13.0 Å². The Morgan fingerprint density at radius 2 is 1.53 bits per heavy atom. The Morgan fingerprint density at radius 1 is 0.842 bits per heavy atom. The first-order valence-corrected chi connectivity index (χ1v) is 13.5. The van der Waals surface area contributed by atoms with Crippen molar-refractivity contribution in [3.8, 4) is 11.3 Å². The SMILES string of the molecule is CC1=Nc2cc(-c3ccccc3)nn2C(c2ccc(Cl)c(Cl)c2)C1C(=O)N1CCN(c2ccccc2)CC1. The van der Waals surface area contributed by atoms with Crippen molar-refractivity contribution in [3.63, 3.8) is 0 Å². The van der Waals surface area contributed by atoms with Gasteiger partial charge in [-0.2, -0.15) is 5.10 Å². The molecule has 1 saturated heterocycles. The van der Waals surface area contributed by atoms with Crippen molar-refractivity contribution in [2.24, 2.45) is 10.9 Å². The van der Waals surface area contributed by atoms with Crippen molar-refractivity contribution in [2.75, 3.05) is 31.1 Å². The summed E-state index contributed by atoms with van der Waals surface area (Å²) >= 11 is 12.7. The van der Waals surface area contributed by atoms with Crippen molar-refractivity contribution < 1.29 is 4.79 Å². The number of aliphatic imine (C=N–C) groups is 1. The molecule has 8 heteroatoms. The summed E-state index contributed by atoms with van der Waals surface area (Å²) in [5.74, 6) is 0.263. The van der Waals surface area contributed by atoms with Gasteiger partial charge in [-0.3, -0.25) is 4.79 Å². The molecular formula is C30H27Cl2N5O. The number of carbonyl (C=O) groups is 1. The molecule has 1 amide bonds. The van der Waals surface area contributed by atoms with Gasteiger partial charge >= 0.3 is 0 Å². The van der Waals surface area contributed by atoms with Gasteiger partial charge in [-0.25, -0.2) is 9.67 Å². The number of carbonyl (C=O) groups excluding carboxylic acids is 1.